The second kappa shape index (κ2) is 6.84. The van der Waals surface area contributed by atoms with Crippen molar-refractivity contribution in [2.75, 3.05) is 23.7 Å². The first-order chi connectivity index (χ1) is 12.0. The van der Waals surface area contributed by atoms with Gasteiger partial charge in [0.1, 0.15) is 0 Å². The molecule has 0 N–H and O–H groups in total. The van der Waals surface area contributed by atoms with Crippen LogP contribution in [0.15, 0.2) is 59.0 Å². The summed E-state index contributed by atoms with van der Waals surface area (Å²) in [5, 5.41) is 0. The van der Waals surface area contributed by atoms with Crippen molar-refractivity contribution in [3.05, 3.63) is 65.2 Å². The van der Waals surface area contributed by atoms with E-state index in [0.717, 1.165) is 24.3 Å². The summed E-state index contributed by atoms with van der Waals surface area (Å²) in [6.07, 6.45) is 1.68. The fourth-order valence-corrected chi connectivity index (χ4v) is 4.69. The molecule has 2 aromatic carbocycles. The van der Waals surface area contributed by atoms with Gasteiger partial charge in [-0.3, -0.25) is 4.79 Å². The zero-order valence-corrected chi connectivity index (χ0v) is 15.2. The van der Waals surface area contributed by atoms with E-state index in [1.54, 1.807) is 24.3 Å². The molecule has 0 aliphatic carbocycles. The maximum absolute atomic E-state index is 12.6. The van der Waals surface area contributed by atoms with Crippen LogP contribution in [0.25, 0.3) is 6.08 Å². The van der Waals surface area contributed by atoms with Crippen LogP contribution < -0.4 is 4.90 Å². The maximum Gasteiger partial charge on any atom is 0.191 e. The Kier molecular flexibility index (Phi) is 4.77. The van der Waals surface area contributed by atoms with Crippen molar-refractivity contribution in [3.63, 3.8) is 0 Å². The Balaban J connectivity index is 1.96. The number of Topliss-reactive ketones (excluding diaryl/α,β-unsaturated/α-hetero) is 1. The Hall–Kier alpha value is -2.40. The lowest BCUT2D eigenvalue weighted by molar-refractivity contribution is 0.103. The van der Waals surface area contributed by atoms with Gasteiger partial charge < -0.3 is 4.90 Å². The quantitative estimate of drug-likeness (QED) is 0.787. The van der Waals surface area contributed by atoms with Gasteiger partial charge in [-0.1, -0.05) is 24.3 Å². The molecule has 2 aromatic rings. The third kappa shape index (κ3) is 3.37. The molecule has 0 saturated carbocycles. The molecule has 0 aromatic heterocycles. The average Bonchev–Trinajstić information content (AvgIpc) is 2.62. The molecule has 25 heavy (non-hydrogen) atoms. The van der Waals surface area contributed by atoms with E-state index in [-0.39, 0.29) is 22.0 Å². The van der Waals surface area contributed by atoms with E-state index < -0.39 is 9.84 Å². The van der Waals surface area contributed by atoms with Crippen LogP contribution in [-0.2, 0) is 9.84 Å². The normalized spacial score (nSPS) is 17.4. The minimum Gasteiger partial charge on any atom is -0.372 e. The molecule has 1 aliphatic rings. The number of ketones is 1. The van der Waals surface area contributed by atoms with Crippen LogP contribution in [-0.4, -0.2) is 33.0 Å². The van der Waals surface area contributed by atoms with E-state index in [0.29, 0.717) is 5.57 Å². The van der Waals surface area contributed by atoms with E-state index in [4.69, 9.17) is 0 Å². The Morgan fingerprint density at radius 1 is 1.00 bits per heavy atom. The molecular formula is C20H21NO3S. The molecule has 130 valence electrons. The molecule has 5 heteroatoms. The molecule has 0 bridgehead atoms. The smallest absolute Gasteiger partial charge is 0.191 e. The number of hydrogen-bond donors (Lipinski definition) is 0. The highest BCUT2D eigenvalue weighted by Crippen LogP contribution is 2.29. The predicted octanol–water partition coefficient (Wildman–Crippen LogP) is 3.59. The number of nitrogens with zero attached hydrogens (tertiary/aromatic N) is 1. The molecule has 0 radical (unpaired) electrons. The van der Waals surface area contributed by atoms with Crippen LogP contribution in [0.4, 0.5) is 5.69 Å². The fourth-order valence-electron chi connectivity index (χ4n) is 3.12. The van der Waals surface area contributed by atoms with Crippen molar-refractivity contribution in [1.29, 1.82) is 0 Å². The number of carbonyl (C=O) groups excluding carboxylic acids is 1. The Bertz CT molecular complexity index is 924. The standard InChI is InChI=1S/C20H21NO3S/c1-3-21(4-2)17-11-9-15(10-12-17)13-16-14-25(23,24)19-8-6-5-7-18(19)20(16)22/h5-13H,3-4,14H2,1-2H3/b16-13+. The summed E-state index contributed by atoms with van der Waals surface area (Å²) >= 11 is 0. The Morgan fingerprint density at radius 3 is 2.28 bits per heavy atom. The summed E-state index contributed by atoms with van der Waals surface area (Å²) in [4.78, 5) is 15.0. The zero-order valence-electron chi connectivity index (χ0n) is 14.4. The number of hydrogen-bond acceptors (Lipinski definition) is 4. The molecule has 0 saturated heterocycles. The first-order valence-electron chi connectivity index (χ1n) is 8.38. The van der Waals surface area contributed by atoms with Gasteiger partial charge in [-0.25, -0.2) is 8.42 Å². The van der Waals surface area contributed by atoms with Gasteiger partial charge in [0, 0.05) is 29.9 Å². The van der Waals surface area contributed by atoms with Crippen LogP contribution in [0, 0.1) is 0 Å². The predicted molar refractivity (Wildman–Crippen MR) is 101 cm³/mol. The lowest BCUT2D eigenvalue weighted by Crippen LogP contribution is -2.24. The molecule has 1 heterocycles. The molecule has 0 unspecified atom stereocenters. The Labute approximate surface area is 148 Å². The van der Waals surface area contributed by atoms with Gasteiger partial charge in [0.15, 0.2) is 15.6 Å². The van der Waals surface area contributed by atoms with E-state index in [2.05, 4.69) is 18.7 Å². The summed E-state index contributed by atoms with van der Waals surface area (Å²) < 4.78 is 24.9. The van der Waals surface area contributed by atoms with Crippen LogP contribution in [0.1, 0.15) is 29.8 Å². The summed E-state index contributed by atoms with van der Waals surface area (Å²) in [6.45, 7) is 6.04. The van der Waals surface area contributed by atoms with Gasteiger partial charge in [0.05, 0.1) is 10.6 Å². The number of rotatable bonds is 4. The van der Waals surface area contributed by atoms with E-state index >= 15 is 0 Å². The minimum atomic E-state index is -3.47. The topological polar surface area (TPSA) is 54.5 Å². The van der Waals surface area contributed by atoms with Gasteiger partial charge >= 0.3 is 0 Å². The van der Waals surface area contributed by atoms with Crippen molar-refractivity contribution < 1.29 is 13.2 Å². The number of benzene rings is 2. The zero-order chi connectivity index (χ0) is 18.0. The molecule has 0 spiro atoms. The van der Waals surface area contributed by atoms with Crippen molar-refractivity contribution in [2.45, 2.75) is 18.7 Å². The highest BCUT2D eigenvalue weighted by atomic mass is 32.2. The largest absolute Gasteiger partial charge is 0.372 e. The number of carbonyl (C=O) groups is 1. The minimum absolute atomic E-state index is 0.133. The number of anilines is 1. The van der Waals surface area contributed by atoms with Crippen LogP contribution in [0.3, 0.4) is 0 Å². The average molecular weight is 355 g/mol. The number of fused-ring (bicyclic) bond motifs is 1. The molecule has 0 atom stereocenters. The molecule has 0 fully saturated rings. The summed E-state index contributed by atoms with van der Waals surface area (Å²) in [5.74, 6) is -0.459. The van der Waals surface area contributed by atoms with Crippen LogP contribution in [0.2, 0.25) is 0 Å². The lowest BCUT2D eigenvalue weighted by atomic mass is 10.0. The van der Waals surface area contributed by atoms with E-state index in [1.165, 1.54) is 6.07 Å². The monoisotopic (exact) mass is 355 g/mol. The summed E-state index contributed by atoms with van der Waals surface area (Å²) in [5.41, 5.74) is 2.52. The third-order valence-electron chi connectivity index (χ3n) is 4.47. The molecule has 1 aliphatic heterocycles. The van der Waals surface area contributed by atoms with Crippen molar-refractivity contribution in [2.24, 2.45) is 0 Å². The third-order valence-corrected chi connectivity index (χ3v) is 6.18. The van der Waals surface area contributed by atoms with Gasteiger partial charge in [-0.2, -0.15) is 0 Å². The maximum atomic E-state index is 12.6. The van der Waals surface area contributed by atoms with Crippen LogP contribution >= 0.6 is 0 Å². The lowest BCUT2D eigenvalue weighted by Gasteiger charge is -2.21. The summed E-state index contributed by atoms with van der Waals surface area (Å²) in [6, 6.07) is 14.2. The van der Waals surface area contributed by atoms with Gasteiger partial charge in [-0.05, 0) is 49.8 Å². The van der Waals surface area contributed by atoms with Crippen LogP contribution in [0.5, 0.6) is 0 Å². The first-order valence-corrected chi connectivity index (χ1v) is 10.0. The number of sulfone groups is 1. The summed E-state index contributed by atoms with van der Waals surface area (Å²) in [7, 11) is -3.47. The van der Waals surface area contributed by atoms with Crippen molar-refractivity contribution >= 4 is 27.4 Å². The second-order valence-electron chi connectivity index (χ2n) is 6.02. The van der Waals surface area contributed by atoms with Crippen molar-refractivity contribution in [1.82, 2.24) is 0 Å². The first kappa shape index (κ1) is 17.4. The van der Waals surface area contributed by atoms with E-state index in [9.17, 15) is 13.2 Å². The van der Waals surface area contributed by atoms with E-state index in [1.807, 2.05) is 24.3 Å². The highest BCUT2D eigenvalue weighted by Gasteiger charge is 2.32. The van der Waals surface area contributed by atoms with Gasteiger partial charge in [0.2, 0.25) is 0 Å². The molecular weight excluding hydrogens is 334 g/mol. The van der Waals surface area contributed by atoms with Gasteiger partial charge in [0.25, 0.3) is 0 Å². The van der Waals surface area contributed by atoms with Crippen molar-refractivity contribution in [3.8, 4) is 0 Å². The molecule has 4 nitrogen and oxygen atoms in total. The second-order valence-corrected chi connectivity index (χ2v) is 7.98. The highest BCUT2D eigenvalue weighted by molar-refractivity contribution is 7.91. The molecule has 3 rings (SSSR count). The SMILES string of the molecule is CCN(CC)c1ccc(/C=C2\CS(=O)(=O)c3ccccc3C2=O)cc1. The molecule has 0 amide bonds. The fraction of sp³-hybridized carbons (Fsp3) is 0.250. The van der Waals surface area contributed by atoms with Gasteiger partial charge in [-0.15, -0.1) is 0 Å². The Morgan fingerprint density at radius 2 is 1.64 bits per heavy atom.